The monoisotopic (exact) mass is 401 g/mol. The molecule has 0 unspecified atom stereocenters. The molecule has 9 heteroatoms. The molecule has 29 heavy (non-hydrogen) atoms. The molecule has 1 aromatic carbocycles. The summed E-state index contributed by atoms with van der Waals surface area (Å²) in [7, 11) is 4.16. The van der Waals surface area contributed by atoms with Gasteiger partial charge in [0.1, 0.15) is 5.82 Å². The Kier molecular flexibility index (Phi) is 10.4. The summed E-state index contributed by atoms with van der Waals surface area (Å²) in [4.78, 5) is 27.9. The molecular weight excluding hydrogens is 374 g/mol. The van der Waals surface area contributed by atoms with Gasteiger partial charge < -0.3 is 24.2 Å². The van der Waals surface area contributed by atoms with Gasteiger partial charge in [0.25, 0.3) is 12.9 Å². The van der Waals surface area contributed by atoms with Gasteiger partial charge in [0.15, 0.2) is 0 Å². The Bertz CT molecular complexity index is 867. The van der Waals surface area contributed by atoms with Crippen LogP contribution in [0.5, 0.6) is 0 Å². The number of rotatable bonds is 6. The molecule has 0 radical (unpaired) electrons. The smallest absolute Gasteiger partial charge is 0.290 e. The van der Waals surface area contributed by atoms with Crippen LogP contribution in [-0.4, -0.2) is 61.3 Å². The van der Waals surface area contributed by atoms with Crippen LogP contribution in [-0.2, 0) is 29.2 Å². The average molecular weight is 401 g/mol. The van der Waals surface area contributed by atoms with Crippen LogP contribution in [0.2, 0.25) is 0 Å². The molecule has 2 aromatic heterocycles. The summed E-state index contributed by atoms with van der Waals surface area (Å²) >= 11 is 0. The third kappa shape index (κ3) is 7.97. The lowest BCUT2D eigenvalue weighted by Crippen LogP contribution is -2.10. The fraction of sp³-hybridized carbons (Fsp3) is 0.300. The molecule has 3 rings (SSSR count). The van der Waals surface area contributed by atoms with E-state index in [1.165, 1.54) is 5.56 Å². The maximum absolute atomic E-state index is 8.36. The second kappa shape index (κ2) is 12.8. The SMILES string of the molecule is CCn1cnc(Cn2ccnc2-c2cccc(CN(C)C)c2)c1.O=CO.O=CO. The zero-order chi connectivity index (χ0) is 21.6. The molecule has 9 nitrogen and oxygen atoms in total. The number of aromatic nitrogens is 4. The lowest BCUT2D eigenvalue weighted by atomic mass is 10.1. The molecule has 0 spiro atoms. The summed E-state index contributed by atoms with van der Waals surface area (Å²) in [6.45, 7) is 4.22. The summed E-state index contributed by atoms with van der Waals surface area (Å²) in [6.07, 6.45) is 7.83. The minimum absolute atomic E-state index is 0.250. The fourth-order valence-electron chi connectivity index (χ4n) is 2.71. The fourth-order valence-corrected chi connectivity index (χ4v) is 2.71. The molecule has 2 heterocycles. The van der Waals surface area contributed by atoms with Crippen molar-refractivity contribution in [1.29, 1.82) is 0 Å². The van der Waals surface area contributed by atoms with Gasteiger partial charge in [-0.05, 0) is 32.6 Å². The van der Waals surface area contributed by atoms with Crippen molar-refractivity contribution in [1.82, 2.24) is 24.0 Å². The van der Waals surface area contributed by atoms with Crippen molar-refractivity contribution in [3.05, 3.63) is 60.4 Å². The molecule has 3 aromatic rings. The maximum atomic E-state index is 8.36. The van der Waals surface area contributed by atoms with Crippen LogP contribution >= 0.6 is 0 Å². The van der Waals surface area contributed by atoms with Crippen molar-refractivity contribution < 1.29 is 19.8 Å². The van der Waals surface area contributed by atoms with E-state index in [4.69, 9.17) is 19.8 Å². The number of imidazole rings is 2. The van der Waals surface area contributed by atoms with Gasteiger partial charge in [-0.1, -0.05) is 18.2 Å². The van der Waals surface area contributed by atoms with Gasteiger partial charge in [0.2, 0.25) is 0 Å². The van der Waals surface area contributed by atoms with Gasteiger partial charge in [-0.2, -0.15) is 0 Å². The van der Waals surface area contributed by atoms with Crippen molar-refractivity contribution in [3.8, 4) is 11.4 Å². The summed E-state index contributed by atoms with van der Waals surface area (Å²) in [5, 5.41) is 13.8. The van der Waals surface area contributed by atoms with E-state index < -0.39 is 0 Å². The van der Waals surface area contributed by atoms with E-state index in [9.17, 15) is 0 Å². The highest BCUT2D eigenvalue weighted by molar-refractivity contribution is 5.56. The number of aryl methyl sites for hydroxylation is 1. The van der Waals surface area contributed by atoms with Gasteiger partial charge in [-0.15, -0.1) is 0 Å². The molecule has 156 valence electrons. The van der Waals surface area contributed by atoms with E-state index in [0.717, 1.165) is 36.7 Å². The lowest BCUT2D eigenvalue weighted by molar-refractivity contribution is -0.123. The Morgan fingerprint density at radius 3 is 2.41 bits per heavy atom. The number of carboxylic acid groups (broad SMARTS) is 2. The first-order valence-electron chi connectivity index (χ1n) is 8.90. The molecule has 0 aliphatic heterocycles. The summed E-state index contributed by atoms with van der Waals surface area (Å²) < 4.78 is 4.24. The zero-order valence-corrected chi connectivity index (χ0v) is 16.8. The topological polar surface area (TPSA) is 113 Å². The van der Waals surface area contributed by atoms with Gasteiger partial charge in [0.05, 0.1) is 18.6 Å². The molecule has 0 atom stereocenters. The minimum atomic E-state index is -0.250. The predicted octanol–water partition coefficient (Wildman–Crippen LogP) is 2.28. The van der Waals surface area contributed by atoms with E-state index in [-0.39, 0.29) is 12.9 Å². The van der Waals surface area contributed by atoms with Gasteiger partial charge in [0, 0.05) is 37.2 Å². The normalized spacial score (nSPS) is 9.79. The molecular formula is C20H27N5O4. The van der Waals surface area contributed by atoms with Crippen LogP contribution in [0.25, 0.3) is 11.4 Å². The highest BCUT2D eigenvalue weighted by Gasteiger charge is 2.09. The quantitative estimate of drug-likeness (QED) is 0.609. The molecule has 0 saturated heterocycles. The Labute approximate surface area is 169 Å². The van der Waals surface area contributed by atoms with E-state index in [2.05, 4.69) is 75.5 Å². The zero-order valence-electron chi connectivity index (χ0n) is 16.8. The predicted molar refractivity (Wildman–Crippen MR) is 109 cm³/mol. The third-order valence-corrected chi connectivity index (χ3v) is 3.78. The summed E-state index contributed by atoms with van der Waals surface area (Å²) in [5.74, 6) is 0.983. The highest BCUT2D eigenvalue weighted by Crippen LogP contribution is 2.20. The van der Waals surface area contributed by atoms with E-state index in [1.54, 1.807) is 0 Å². The first-order valence-corrected chi connectivity index (χ1v) is 8.90. The van der Waals surface area contributed by atoms with Crippen molar-refractivity contribution in [2.24, 2.45) is 0 Å². The maximum Gasteiger partial charge on any atom is 0.290 e. The highest BCUT2D eigenvalue weighted by atomic mass is 16.3. The summed E-state index contributed by atoms with van der Waals surface area (Å²) in [6, 6.07) is 8.57. The Balaban J connectivity index is 0.000000626. The van der Waals surface area contributed by atoms with Gasteiger partial charge in [-0.25, -0.2) is 9.97 Å². The van der Waals surface area contributed by atoms with Crippen LogP contribution in [0.3, 0.4) is 0 Å². The number of carbonyl (C=O) groups is 2. The average Bonchev–Trinajstić information content (AvgIpc) is 3.32. The Morgan fingerprint density at radius 2 is 1.83 bits per heavy atom. The second-order valence-electron chi connectivity index (χ2n) is 6.22. The molecule has 2 N–H and O–H groups in total. The van der Waals surface area contributed by atoms with E-state index >= 15 is 0 Å². The number of nitrogens with zero attached hydrogens (tertiary/aromatic N) is 5. The van der Waals surface area contributed by atoms with Crippen LogP contribution in [0.15, 0.2) is 49.2 Å². The van der Waals surface area contributed by atoms with Crippen LogP contribution in [0.4, 0.5) is 0 Å². The molecule has 0 fully saturated rings. The van der Waals surface area contributed by atoms with Crippen LogP contribution < -0.4 is 0 Å². The van der Waals surface area contributed by atoms with Crippen molar-refractivity contribution in [2.45, 2.75) is 26.6 Å². The first kappa shape index (κ1) is 23.6. The first-order chi connectivity index (χ1) is 14.0. The molecule has 0 saturated carbocycles. The Morgan fingerprint density at radius 1 is 1.14 bits per heavy atom. The Hall–Kier alpha value is -3.46. The van der Waals surface area contributed by atoms with Gasteiger partial charge >= 0.3 is 0 Å². The molecule has 0 aliphatic carbocycles. The number of benzene rings is 1. The van der Waals surface area contributed by atoms with Crippen molar-refractivity contribution in [3.63, 3.8) is 0 Å². The van der Waals surface area contributed by atoms with Crippen molar-refractivity contribution in [2.75, 3.05) is 14.1 Å². The molecule has 0 amide bonds. The van der Waals surface area contributed by atoms with Crippen LogP contribution in [0, 0.1) is 0 Å². The van der Waals surface area contributed by atoms with E-state index in [0.29, 0.717) is 0 Å². The lowest BCUT2D eigenvalue weighted by Gasteiger charge is -2.11. The standard InChI is InChI=1S/C18H23N5.2CH2O2/c1-4-22-12-17(20-14-22)13-23-9-8-19-18(23)16-7-5-6-15(10-16)11-21(2)3;2*2-1-3/h5-10,12,14H,4,11,13H2,1-3H3;2*1H,(H,2,3). The van der Waals surface area contributed by atoms with Gasteiger partial charge in [-0.3, -0.25) is 9.59 Å². The van der Waals surface area contributed by atoms with E-state index in [1.807, 2.05) is 18.7 Å². The van der Waals surface area contributed by atoms with Crippen LogP contribution in [0.1, 0.15) is 18.2 Å². The molecule has 0 aliphatic rings. The second-order valence-corrected chi connectivity index (χ2v) is 6.22. The van der Waals surface area contributed by atoms with Crippen molar-refractivity contribution >= 4 is 12.9 Å². The molecule has 0 bridgehead atoms. The minimum Gasteiger partial charge on any atom is -0.483 e. The number of hydrogen-bond acceptors (Lipinski definition) is 5. The summed E-state index contributed by atoms with van der Waals surface area (Å²) in [5.41, 5.74) is 3.48. The third-order valence-electron chi connectivity index (χ3n) is 3.78. The number of hydrogen-bond donors (Lipinski definition) is 2. The largest absolute Gasteiger partial charge is 0.483 e.